The molecule has 11 heavy (non-hydrogen) atoms. The van der Waals surface area contributed by atoms with Gasteiger partial charge in [0.2, 0.25) is 0 Å². The maximum Gasteiger partial charge on any atom is 0.138 e. The van der Waals surface area contributed by atoms with Gasteiger partial charge in [0.15, 0.2) is 0 Å². The molecule has 0 aliphatic heterocycles. The number of rotatable bonds is 2. The predicted octanol–water partition coefficient (Wildman–Crippen LogP) is 2.94. The fraction of sp³-hybridized carbons (Fsp3) is 0.900. The molecule has 0 aromatic heterocycles. The van der Waals surface area contributed by atoms with Crippen molar-refractivity contribution in [2.75, 3.05) is 0 Å². The summed E-state index contributed by atoms with van der Waals surface area (Å²) in [6, 6.07) is 0. The molecule has 0 bridgehead atoms. The van der Waals surface area contributed by atoms with E-state index < -0.39 is 0 Å². The molecule has 0 aromatic rings. The van der Waals surface area contributed by atoms with Crippen LogP contribution in [-0.4, -0.2) is 5.78 Å². The van der Waals surface area contributed by atoms with Crippen molar-refractivity contribution in [1.82, 2.24) is 0 Å². The molecule has 1 nitrogen and oxygen atoms in total. The van der Waals surface area contributed by atoms with Crippen molar-refractivity contribution in [2.45, 2.75) is 52.4 Å². The van der Waals surface area contributed by atoms with Gasteiger partial charge in [-0.1, -0.05) is 26.7 Å². The molecular formula is C10H18O. The minimum Gasteiger partial charge on any atom is -0.299 e. The normalized spacial score (nSPS) is 32.4. The Morgan fingerprint density at radius 2 is 2.18 bits per heavy atom. The molecule has 1 rings (SSSR count). The first kappa shape index (κ1) is 8.76. The lowest BCUT2D eigenvalue weighted by Crippen LogP contribution is -2.30. The molecule has 1 saturated carbocycles. The van der Waals surface area contributed by atoms with Gasteiger partial charge in [-0.3, -0.25) is 4.79 Å². The van der Waals surface area contributed by atoms with Gasteiger partial charge in [0, 0.05) is 11.8 Å². The molecule has 1 aliphatic carbocycles. The zero-order chi connectivity index (χ0) is 8.32. The lowest BCUT2D eigenvalue weighted by Gasteiger charge is -2.31. The third-order valence-electron chi connectivity index (χ3n) is 2.86. The molecule has 1 aliphatic rings. The molecule has 0 amide bonds. The van der Waals surface area contributed by atoms with E-state index in [1.165, 1.54) is 6.42 Å². The quantitative estimate of drug-likeness (QED) is 0.597. The first-order valence-electron chi connectivity index (χ1n) is 4.72. The lowest BCUT2D eigenvalue weighted by molar-refractivity contribution is -0.130. The number of carbonyl (C=O) groups is 1. The summed E-state index contributed by atoms with van der Waals surface area (Å²) in [5.74, 6) is 0.505. The van der Waals surface area contributed by atoms with Crippen molar-refractivity contribution in [3.63, 3.8) is 0 Å². The van der Waals surface area contributed by atoms with Crippen molar-refractivity contribution >= 4 is 5.78 Å². The first-order valence-corrected chi connectivity index (χ1v) is 4.72. The zero-order valence-electron chi connectivity index (χ0n) is 7.65. The maximum absolute atomic E-state index is 11.5. The standard InChI is InChI=1S/C10H18O/c1-3-7-10(2)8-5-4-6-9(10)11/h3-8H2,1-2H3/t10-/m1/s1. The van der Waals surface area contributed by atoms with E-state index in [4.69, 9.17) is 0 Å². The van der Waals surface area contributed by atoms with E-state index in [2.05, 4.69) is 13.8 Å². The summed E-state index contributed by atoms with van der Waals surface area (Å²) in [5.41, 5.74) is 0.0486. The Bertz CT molecular complexity index is 147. The van der Waals surface area contributed by atoms with Crippen LogP contribution < -0.4 is 0 Å². The van der Waals surface area contributed by atoms with Crippen LogP contribution in [0.3, 0.4) is 0 Å². The van der Waals surface area contributed by atoms with Gasteiger partial charge in [-0.2, -0.15) is 0 Å². The van der Waals surface area contributed by atoms with Crippen LogP contribution >= 0.6 is 0 Å². The Kier molecular flexibility index (Phi) is 2.69. The number of hydrogen-bond acceptors (Lipinski definition) is 1. The minimum absolute atomic E-state index is 0.0486. The van der Waals surface area contributed by atoms with Gasteiger partial charge in [0.05, 0.1) is 0 Å². The number of Topliss-reactive ketones (excluding diaryl/α,β-unsaturated/α-hetero) is 1. The highest BCUT2D eigenvalue weighted by Gasteiger charge is 2.33. The molecule has 0 N–H and O–H groups in total. The summed E-state index contributed by atoms with van der Waals surface area (Å²) in [5, 5.41) is 0. The van der Waals surface area contributed by atoms with Crippen molar-refractivity contribution in [3.05, 3.63) is 0 Å². The number of carbonyl (C=O) groups excluding carboxylic acids is 1. The smallest absolute Gasteiger partial charge is 0.138 e. The van der Waals surface area contributed by atoms with Gasteiger partial charge < -0.3 is 0 Å². The van der Waals surface area contributed by atoms with Crippen molar-refractivity contribution in [2.24, 2.45) is 5.41 Å². The topological polar surface area (TPSA) is 17.1 Å². The molecule has 1 fully saturated rings. The number of ketones is 1. The maximum atomic E-state index is 11.5. The van der Waals surface area contributed by atoms with Gasteiger partial charge >= 0.3 is 0 Å². The summed E-state index contributed by atoms with van der Waals surface area (Å²) in [4.78, 5) is 11.5. The molecule has 1 heteroatoms. The van der Waals surface area contributed by atoms with Crippen LogP contribution in [0.15, 0.2) is 0 Å². The van der Waals surface area contributed by atoms with Crippen LogP contribution in [0, 0.1) is 5.41 Å². The van der Waals surface area contributed by atoms with Crippen molar-refractivity contribution < 1.29 is 4.79 Å². The molecule has 0 radical (unpaired) electrons. The van der Waals surface area contributed by atoms with Gasteiger partial charge in [0.25, 0.3) is 0 Å². The van der Waals surface area contributed by atoms with Crippen LogP contribution in [-0.2, 0) is 4.79 Å². The number of hydrogen-bond donors (Lipinski definition) is 0. The van der Waals surface area contributed by atoms with Crippen molar-refractivity contribution in [1.29, 1.82) is 0 Å². The van der Waals surface area contributed by atoms with Gasteiger partial charge in [-0.15, -0.1) is 0 Å². The summed E-state index contributed by atoms with van der Waals surface area (Å²) < 4.78 is 0. The average Bonchev–Trinajstić information content (AvgIpc) is 1.96. The van der Waals surface area contributed by atoms with E-state index >= 15 is 0 Å². The Morgan fingerprint density at radius 3 is 2.73 bits per heavy atom. The molecule has 0 heterocycles. The van der Waals surface area contributed by atoms with Crippen LogP contribution in [0.5, 0.6) is 0 Å². The minimum atomic E-state index is 0.0486. The Hall–Kier alpha value is -0.330. The summed E-state index contributed by atoms with van der Waals surface area (Å²) in [6.45, 7) is 4.30. The van der Waals surface area contributed by atoms with Crippen LogP contribution in [0.4, 0.5) is 0 Å². The highest BCUT2D eigenvalue weighted by molar-refractivity contribution is 5.84. The first-order chi connectivity index (χ1) is 5.19. The largest absolute Gasteiger partial charge is 0.299 e. The van der Waals surface area contributed by atoms with Gasteiger partial charge in [-0.05, 0) is 19.3 Å². The van der Waals surface area contributed by atoms with Crippen LogP contribution in [0.1, 0.15) is 52.4 Å². The molecule has 1 atom stereocenters. The zero-order valence-corrected chi connectivity index (χ0v) is 7.65. The van der Waals surface area contributed by atoms with E-state index in [9.17, 15) is 4.79 Å². The molecule has 0 saturated heterocycles. The second kappa shape index (κ2) is 3.38. The predicted molar refractivity (Wildman–Crippen MR) is 46.5 cm³/mol. The van der Waals surface area contributed by atoms with Crippen LogP contribution in [0.25, 0.3) is 0 Å². The molecule has 0 aromatic carbocycles. The SMILES string of the molecule is CCC[C@]1(C)CCCCC1=O. The Labute approximate surface area is 69.2 Å². The highest BCUT2D eigenvalue weighted by atomic mass is 16.1. The monoisotopic (exact) mass is 154 g/mol. The van der Waals surface area contributed by atoms with Gasteiger partial charge in [-0.25, -0.2) is 0 Å². The molecule has 64 valence electrons. The Morgan fingerprint density at radius 1 is 1.45 bits per heavy atom. The highest BCUT2D eigenvalue weighted by Crippen LogP contribution is 2.36. The van der Waals surface area contributed by atoms with Gasteiger partial charge in [0.1, 0.15) is 5.78 Å². The second-order valence-electron chi connectivity index (χ2n) is 3.94. The summed E-state index contributed by atoms with van der Waals surface area (Å²) in [7, 11) is 0. The van der Waals surface area contributed by atoms with E-state index in [1.54, 1.807) is 0 Å². The fourth-order valence-electron chi connectivity index (χ4n) is 2.06. The van der Waals surface area contributed by atoms with E-state index in [-0.39, 0.29) is 5.41 Å². The Balaban J connectivity index is 2.57. The third-order valence-corrected chi connectivity index (χ3v) is 2.86. The fourth-order valence-corrected chi connectivity index (χ4v) is 2.06. The van der Waals surface area contributed by atoms with Crippen LogP contribution in [0.2, 0.25) is 0 Å². The molecule has 0 unspecified atom stereocenters. The van der Waals surface area contributed by atoms with E-state index in [0.717, 1.165) is 32.1 Å². The lowest BCUT2D eigenvalue weighted by atomic mass is 9.72. The summed E-state index contributed by atoms with van der Waals surface area (Å²) in [6.07, 6.45) is 6.56. The average molecular weight is 154 g/mol. The van der Waals surface area contributed by atoms with E-state index in [1.807, 2.05) is 0 Å². The molecular weight excluding hydrogens is 136 g/mol. The van der Waals surface area contributed by atoms with Crippen molar-refractivity contribution in [3.8, 4) is 0 Å². The summed E-state index contributed by atoms with van der Waals surface area (Å²) >= 11 is 0. The van der Waals surface area contributed by atoms with E-state index in [0.29, 0.717) is 5.78 Å². The third kappa shape index (κ3) is 1.82. The second-order valence-corrected chi connectivity index (χ2v) is 3.94. The molecule has 0 spiro atoms.